The minimum atomic E-state index is -0.660. The zero-order valence-electron chi connectivity index (χ0n) is 16.5. The Hall–Kier alpha value is -3.02. The standard InChI is InChI=1S/C23H25FN2O3/c1-2-25-23(28)21-20-17(14-26-12-4-3-5-13-26)18(27)10-11-19(20)29-22(21)15-6-8-16(24)9-7-15/h6-11,14,22,27H,2-5,12-13H2,1H3,(H,25,28). The van der Waals surface area contributed by atoms with Gasteiger partial charge in [0.2, 0.25) is 0 Å². The highest BCUT2D eigenvalue weighted by Gasteiger charge is 2.32. The molecule has 1 atom stereocenters. The van der Waals surface area contributed by atoms with Gasteiger partial charge in [0.05, 0.1) is 5.57 Å². The number of phenolic OH excluding ortho intramolecular Hbond substituents is 1. The first-order chi connectivity index (χ1) is 14.1. The summed E-state index contributed by atoms with van der Waals surface area (Å²) < 4.78 is 19.5. The van der Waals surface area contributed by atoms with Crippen molar-refractivity contribution < 1.29 is 19.0 Å². The van der Waals surface area contributed by atoms with Crippen LogP contribution in [0.15, 0.2) is 36.4 Å². The van der Waals surface area contributed by atoms with Gasteiger partial charge in [-0.25, -0.2) is 4.39 Å². The van der Waals surface area contributed by atoms with Gasteiger partial charge in [-0.3, -0.25) is 4.79 Å². The molecule has 6 heteroatoms. The number of amides is 1. The number of ether oxygens (including phenoxy) is 1. The lowest BCUT2D eigenvalue weighted by Crippen LogP contribution is -2.36. The van der Waals surface area contributed by atoms with Crippen molar-refractivity contribution in [1.29, 1.82) is 0 Å². The van der Waals surface area contributed by atoms with Crippen molar-refractivity contribution in [2.45, 2.75) is 32.3 Å². The predicted molar refractivity (Wildman–Crippen MR) is 109 cm³/mol. The highest BCUT2D eigenvalue weighted by atomic mass is 19.1. The third kappa shape index (κ3) is 3.79. The summed E-state index contributed by atoms with van der Waals surface area (Å²) in [6.45, 7) is 4.16. The van der Waals surface area contributed by atoms with Gasteiger partial charge in [0.15, 0.2) is 6.10 Å². The average molecular weight is 396 g/mol. The van der Waals surface area contributed by atoms with Crippen molar-refractivity contribution in [3.05, 3.63) is 58.2 Å². The Bertz CT molecular complexity index is 1030. The first kappa shape index (κ1) is 19.3. The molecule has 5 nitrogen and oxygen atoms in total. The number of nitrogens with one attached hydrogen (secondary N) is 1. The van der Waals surface area contributed by atoms with Crippen molar-refractivity contribution in [2.75, 3.05) is 19.6 Å². The van der Waals surface area contributed by atoms with E-state index in [0.29, 0.717) is 33.9 Å². The first-order valence-corrected chi connectivity index (χ1v) is 10.1. The largest absolute Gasteiger partial charge is 0.507 e. The number of carbonyl (C=O) groups excluding carboxylic acids is 1. The van der Waals surface area contributed by atoms with Crippen LogP contribution in [0.5, 0.6) is 11.5 Å². The lowest BCUT2D eigenvalue weighted by molar-refractivity contribution is -0.116. The molecule has 2 heterocycles. The van der Waals surface area contributed by atoms with Gasteiger partial charge in [-0.1, -0.05) is 12.1 Å². The van der Waals surface area contributed by atoms with Crippen molar-refractivity contribution in [3.8, 4) is 11.5 Å². The summed E-state index contributed by atoms with van der Waals surface area (Å²) in [6.07, 6.45) is 4.69. The van der Waals surface area contributed by atoms with E-state index in [0.717, 1.165) is 25.9 Å². The number of hydrogen-bond acceptors (Lipinski definition) is 4. The van der Waals surface area contributed by atoms with Gasteiger partial charge in [-0.05, 0) is 56.0 Å². The molecule has 0 saturated carbocycles. The molecule has 0 spiro atoms. The summed E-state index contributed by atoms with van der Waals surface area (Å²) in [5.41, 5.74) is 1.12. The molecule has 1 unspecified atom stereocenters. The van der Waals surface area contributed by atoms with E-state index in [9.17, 15) is 14.3 Å². The summed E-state index contributed by atoms with van der Waals surface area (Å²) in [7, 11) is 0. The number of nitrogens with zero attached hydrogens (tertiary/aromatic N) is 1. The number of likely N-dealkylation sites (tertiary alicyclic amines) is 1. The molecule has 4 rings (SSSR count). The molecule has 1 fully saturated rings. The van der Waals surface area contributed by atoms with Crippen LogP contribution >= 0.6 is 0 Å². The smallest absolute Gasteiger partial charge is 0.252 e. The minimum absolute atomic E-state index is 0.111. The number of hydrogen-bond donors (Lipinski definition) is 2. The summed E-state index contributed by atoms with van der Waals surface area (Å²) in [5, 5.41) is 14.7. The highest BCUT2D eigenvalue weighted by Crippen LogP contribution is 2.33. The Balaban J connectivity index is 1.93. The molecular formula is C23H25FN2O3. The van der Waals surface area contributed by atoms with E-state index in [2.05, 4.69) is 10.2 Å². The second-order valence-electron chi connectivity index (χ2n) is 7.42. The van der Waals surface area contributed by atoms with E-state index in [4.69, 9.17) is 4.74 Å². The van der Waals surface area contributed by atoms with E-state index in [-0.39, 0.29) is 17.5 Å². The fraction of sp³-hybridized carbons (Fsp3) is 0.348. The molecule has 2 aromatic carbocycles. The summed E-state index contributed by atoms with van der Waals surface area (Å²) >= 11 is 0. The molecule has 29 heavy (non-hydrogen) atoms. The second-order valence-corrected chi connectivity index (χ2v) is 7.42. The van der Waals surface area contributed by atoms with Gasteiger partial charge in [-0.15, -0.1) is 0 Å². The van der Waals surface area contributed by atoms with Crippen LogP contribution in [0.4, 0.5) is 4.39 Å². The highest BCUT2D eigenvalue weighted by molar-refractivity contribution is 6.16. The van der Waals surface area contributed by atoms with Crippen LogP contribution in [0.2, 0.25) is 0 Å². The van der Waals surface area contributed by atoms with E-state index in [1.54, 1.807) is 24.3 Å². The summed E-state index contributed by atoms with van der Waals surface area (Å²) in [4.78, 5) is 15.2. The van der Waals surface area contributed by atoms with Gasteiger partial charge < -0.3 is 20.1 Å². The van der Waals surface area contributed by atoms with E-state index < -0.39 is 6.10 Å². The molecule has 1 saturated heterocycles. The van der Waals surface area contributed by atoms with Crippen LogP contribution in [-0.2, 0) is 4.79 Å². The molecule has 2 N–H and O–H groups in total. The third-order valence-electron chi connectivity index (χ3n) is 5.42. The normalized spacial score (nSPS) is 19.1. The van der Waals surface area contributed by atoms with Crippen molar-refractivity contribution in [3.63, 3.8) is 0 Å². The van der Waals surface area contributed by atoms with Crippen LogP contribution in [0.3, 0.4) is 0 Å². The lowest BCUT2D eigenvalue weighted by Gasteiger charge is -2.24. The van der Waals surface area contributed by atoms with Gasteiger partial charge >= 0.3 is 0 Å². The molecule has 0 aliphatic carbocycles. The maximum absolute atomic E-state index is 13.4. The monoisotopic (exact) mass is 396 g/mol. The maximum atomic E-state index is 13.4. The molecule has 0 radical (unpaired) electrons. The molecule has 2 aliphatic heterocycles. The summed E-state index contributed by atoms with van der Waals surface area (Å²) in [5.74, 6) is 0.0566. The molecular weight excluding hydrogens is 371 g/mol. The van der Waals surface area contributed by atoms with Crippen molar-refractivity contribution in [1.82, 2.24) is 10.2 Å². The Morgan fingerprint density at radius 3 is 2.62 bits per heavy atom. The molecule has 0 bridgehead atoms. The molecule has 0 aromatic heterocycles. The number of benzene rings is 2. The zero-order chi connectivity index (χ0) is 20.4. The van der Waals surface area contributed by atoms with E-state index >= 15 is 0 Å². The number of piperidine rings is 1. The van der Waals surface area contributed by atoms with Crippen molar-refractivity contribution in [2.24, 2.45) is 0 Å². The number of aromatic hydroxyl groups is 1. The van der Waals surface area contributed by atoms with Gasteiger partial charge in [0, 0.05) is 36.3 Å². The number of carbonyl (C=O) groups is 1. The topological polar surface area (TPSA) is 61.8 Å². The van der Waals surface area contributed by atoms with E-state index in [1.165, 1.54) is 18.6 Å². The van der Waals surface area contributed by atoms with Gasteiger partial charge in [0.1, 0.15) is 17.3 Å². The van der Waals surface area contributed by atoms with Crippen LogP contribution in [0.1, 0.15) is 37.9 Å². The predicted octanol–water partition coefficient (Wildman–Crippen LogP) is 2.18. The minimum Gasteiger partial charge on any atom is -0.507 e. The first-order valence-electron chi connectivity index (χ1n) is 10.1. The second kappa shape index (κ2) is 8.15. The van der Waals surface area contributed by atoms with Crippen LogP contribution in [0.25, 0.3) is 11.8 Å². The van der Waals surface area contributed by atoms with Gasteiger partial charge in [0.25, 0.3) is 5.91 Å². The number of fused-ring (bicyclic) bond motifs is 1. The quantitative estimate of drug-likeness (QED) is 0.832. The molecule has 2 aliphatic rings. The van der Waals surface area contributed by atoms with Crippen LogP contribution < -0.4 is 20.5 Å². The Morgan fingerprint density at radius 2 is 1.93 bits per heavy atom. The molecule has 2 aromatic rings. The molecule has 152 valence electrons. The third-order valence-corrected chi connectivity index (χ3v) is 5.42. The summed E-state index contributed by atoms with van der Waals surface area (Å²) in [6, 6.07) is 9.24. The Kier molecular flexibility index (Phi) is 5.43. The van der Waals surface area contributed by atoms with Gasteiger partial charge in [-0.2, -0.15) is 0 Å². The fourth-order valence-electron chi connectivity index (χ4n) is 4.00. The van der Waals surface area contributed by atoms with Crippen LogP contribution in [-0.4, -0.2) is 35.5 Å². The zero-order valence-corrected chi connectivity index (χ0v) is 16.5. The Labute approximate surface area is 169 Å². The number of rotatable bonds is 4. The number of halogens is 1. The molecule has 1 amide bonds. The fourth-order valence-corrected chi connectivity index (χ4v) is 4.00. The van der Waals surface area contributed by atoms with Crippen LogP contribution in [0, 0.1) is 5.82 Å². The SMILES string of the molecule is CCNC(=O)C1=c2c(ccc(O)c2=CN2CCCCC2)OC1c1ccc(F)cc1. The van der Waals surface area contributed by atoms with E-state index in [1.807, 2.05) is 13.1 Å². The van der Waals surface area contributed by atoms with Crippen molar-refractivity contribution >= 4 is 17.7 Å². The average Bonchev–Trinajstić information content (AvgIpc) is 3.11. The lowest BCUT2D eigenvalue weighted by atomic mass is 9.99. The maximum Gasteiger partial charge on any atom is 0.252 e. The number of phenols is 1. The Morgan fingerprint density at radius 1 is 1.21 bits per heavy atom.